The summed E-state index contributed by atoms with van der Waals surface area (Å²) in [5.74, 6) is 6.36. The van der Waals surface area contributed by atoms with E-state index in [9.17, 15) is 5.11 Å². The fraction of sp³-hybridized carbons (Fsp3) is 0.529. The molecule has 3 atom stereocenters. The van der Waals surface area contributed by atoms with E-state index in [2.05, 4.69) is 21.8 Å². The maximum atomic E-state index is 10.1. The standard InChI is InChI=1S/C17H23N5O3/c1-2-13-12(23)8-14(25-13)22-9-11(4-3-6-24-7-5-18)15-16(19)20-10-21-17(15)22/h9-10,12-14,23H,2,5-8,18H2,1H3,(H2,19,20,21). The quantitative estimate of drug-likeness (QED) is 0.529. The number of aromatic nitrogens is 3. The molecule has 2 aromatic rings. The van der Waals surface area contributed by atoms with Gasteiger partial charge in [0.1, 0.15) is 30.6 Å². The third-order valence-electron chi connectivity index (χ3n) is 4.21. The maximum Gasteiger partial charge on any atom is 0.148 e. The van der Waals surface area contributed by atoms with Gasteiger partial charge in [0.15, 0.2) is 0 Å². The van der Waals surface area contributed by atoms with E-state index in [0.717, 1.165) is 6.42 Å². The predicted octanol–water partition coefficient (Wildman–Crippen LogP) is 0.399. The summed E-state index contributed by atoms with van der Waals surface area (Å²) in [6.45, 7) is 3.20. The Labute approximate surface area is 146 Å². The lowest BCUT2D eigenvalue weighted by Gasteiger charge is -2.14. The summed E-state index contributed by atoms with van der Waals surface area (Å²) in [4.78, 5) is 8.39. The zero-order chi connectivity index (χ0) is 17.8. The summed E-state index contributed by atoms with van der Waals surface area (Å²) in [6.07, 6.45) is 3.53. The van der Waals surface area contributed by atoms with Gasteiger partial charge in [-0.3, -0.25) is 0 Å². The van der Waals surface area contributed by atoms with Crippen LogP contribution in [-0.4, -0.2) is 51.6 Å². The van der Waals surface area contributed by atoms with E-state index in [1.807, 2.05) is 17.7 Å². The first-order chi connectivity index (χ1) is 12.2. The van der Waals surface area contributed by atoms with Gasteiger partial charge in [0, 0.05) is 19.2 Å². The van der Waals surface area contributed by atoms with Crippen molar-refractivity contribution < 1.29 is 14.6 Å². The van der Waals surface area contributed by atoms with Gasteiger partial charge in [-0.1, -0.05) is 18.8 Å². The van der Waals surface area contributed by atoms with Crippen LogP contribution < -0.4 is 11.5 Å². The molecular formula is C17H23N5O3. The molecule has 0 bridgehead atoms. The highest BCUT2D eigenvalue weighted by Gasteiger charge is 2.34. The van der Waals surface area contributed by atoms with Gasteiger partial charge >= 0.3 is 0 Å². The van der Waals surface area contributed by atoms with Crippen LogP contribution in [0, 0.1) is 11.8 Å². The molecule has 0 aromatic carbocycles. The normalized spacial score (nSPS) is 22.9. The van der Waals surface area contributed by atoms with E-state index in [4.69, 9.17) is 20.9 Å². The van der Waals surface area contributed by atoms with Gasteiger partial charge < -0.3 is 30.6 Å². The molecule has 3 heterocycles. The lowest BCUT2D eigenvalue weighted by molar-refractivity contribution is -0.0181. The molecule has 1 saturated heterocycles. The molecule has 0 radical (unpaired) electrons. The number of aliphatic hydroxyl groups is 1. The molecule has 0 spiro atoms. The van der Waals surface area contributed by atoms with E-state index in [1.54, 1.807) is 0 Å². The van der Waals surface area contributed by atoms with Gasteiger partial charge in [-0.25, -0.2) is 9.97 Å². The number of ether oxygens (including phenoxy) is 2. The van der Waals surface area contributed by atoms with Crippen molar-refractivity contribution >= 4 is 16.9 Å². The number of nitrogens with zero attached hydrogens (tertiary/aromatic N) is 3. The Morgan fingerprint density at radius 1 is 1.48 bits per heavy atom. The smallest absolute Gasteiger partial charge is 0.148 e. The topological polar surface area (TPSA) is 121 Å². The second-order valence-corrected chi connectivity index (χ2v) is 5.89. The summed E-state index contributed by atoms with van der Waals surface area (Å²) < 4.78 is 13.1. The molecule has 3 unspecified atom stereocenters. The van der Waals surface area contributed by atoms with Crippen molar-refractivity contribution in [2.24, 2.45) is 5.73 Å². The first-order valence-corrected chi connectivity index (χ1v) is 8.36. The molecule has 0 saturated carbocycles. The minimum Gasteiger partial charge on any atom is -0.390 e. The lowest BCUT2D eigenvalue weighted by atomic mass is 10.1. The number of nitrogen functional groups attached to an aromatic ring is 1. The van der Waals surface area contributed by atoms with Gasteiger partial charge in [-0.05, 0) is 6.42 Å². The van der Waals surface area contributed by atoms with Crippen molar-refractivity contribution in [1.82, 2.24) is 14.5 Å². The summed E-state index contributed by atoms with van der Waals surface area (Å²) in [5.41, 5.74) is 12.8. The molecule has 134 valence electrons. The molecule has 2 aromatic heterocycles. The summed E-state index contributed by atoms with van der Waals surface area (Å²) in [6, 6.07) is 0. The zero-order valence-corrected chi connectivity index (χ0v) is 14.2. The van der Waals surface area contributed by atoms with Crippen molar-refractivity contribution in [2.75, 3.05) is 25.5 Å². The fourth-order valence-electron chi connectivity index (χ4n) is 3.01. The average molecular weight is 345 g/mol. The lowest BCUT2D eigenvalue weighted by Crippen LogP contribution is -2.19. The number of rotatable bonds is 5. The average Bonchev–Trinajstić information content (AvgIpc) is 3.16. The SMILES string of the molecule is CCC1OC(n2cc(C#CCOCCN)c3c(N)ncnc32)CC1O. The van der Waals surface area contributed by atoms with Crippen molar-refractivity contribution in [3.8, 4) is 11.8 Å². The third kappa shape index (κ3) is 3.60. The van der Waals surface area contributed by atoms with Crippen LogP contribution in [0.1, 0.15) is 31.6 Å². The van der Waals surface area contributed by atoms with Crippen molar-refractivity contribution in [1.29, 1.82) is 0 Å². The monoisotopic (exact) mass is 345 g/mol. The maximum absolute atomic E-state index is 10.1. The van der Waals surface area contributed by atoms with Gasteiger partial charge in [-0.2, -0.15) is 0 Å². The number of nitrogens with two attached hydrogens (primary N) is 2. The van der Waals surface area contributed by atoms with Gasteiger partial charge in [0.2, 0.25) is 0 Å². The minimum atomic E-state index is -0.495. The van der Waals surface area contributed by atoms with E-state index >= 15 is 0 Å². The Kier molecular flexibility index (Phi) is 5.50. The van der Waals surface area contributed by atoms with Crippen LogP contribution in [0.3, 0.4) is 0 Å². The molecule has 3 rings (SSSR count). The Bertz CT molecular complexity index is 795. The minimum absolute atomic E-state index is 0.180. The zero-order valence-electron chi connectivity index (χ0n) is 14.2. The fourth-order valence-corrected chi connectivity index (χ4v) is 3.01. The molecule has 0 aliphatic carbocycles. The molecule has 5 N–H and O–H groups in total. The molecule has 1 aliphatic rings. The van der Waals surface area contributed by atoms with Crippen LogP contribution in [0.4, 0.5) is 5.82 Å². The largest absolute Gasteiger partial charge is 0.390 e. The van der Waals surface area contributed by atoms with Crippen LogP contribution in [0.25, 0.3) is 11.0 Å². The highest BCUT2D eigenvalue weighted by Crippen LogP contribution is 2.34. The number of fused-ring (bicyclic) bond motifs is 1. The summed E-state index contributed by atoms with van der Waals surface area (Å²) >= 11 is 0. The van der Waals surface area contributed by atoms with Gasteiger partial charge in [0.05, 0.1) is 29.8 Å². The first kappa shape index (κ1) is 17.6. The van der Waals surface area contributed by atoms with E-state index in [1.165, 1.54) is 6.33 Å². The summed E-state index contributed by atoms with van der Waals surface area (Å²) in [7, 11) is 0. The molecule has 8 heteroatoms. The number of anilines is 1. The molecular weight excluding hydrogens is 322 g/mol. The molecule has 1 fully saturated rings. The van der Waals surface area contributed by atoms with Crippen LogP contribution >= 0.6 is 0 Å². The van der Waals surface area contributed by atoms with Gasteiger partial charge in [0.25, 0.3) is 0 Å². The van der Waals surface area contributed by atoms with E-state index in [-0.39, 0.29) is 18.9 Å². The van der Waals surface area contributed by atoms with Crippen molar-refractivity contribution in [3.63, 3.8) is 0 Å². The Balaban J connectivity index is 1.93. The molecule has 1 aliphatic heterocycles. The molecule has 25 heavy (non-hydrogen) atoms. The van der Waals surface area contributed by atoms with Crippen LogP contribution in [0.15, 0.2) is 12.5 Å². The highest BCUT2D eigenvalue weighted by molar-refractivity contribution is 5.92. The molecule has 8 nitrogen and oxygen atoms in total. The third-order valence-corrected chi connectivity index (χ3v) is 4.21. The first-order valence-electron chi connectivity index (χ1n) is 8.36. The Morgan fingerprint density at radius 2 is 2.32 bits per heavy atom. The van der Waals surface area contributed by atoms with Crippen molar-refractivity contribution in [3.05, 3.63) is 18.1 Å². The predicted molar refractivity (Wildman–Crippen MR) is 93.5 cm³/mol. The second kappa shape index (κ2) is 7.80. The summed E-state index contributed by atoms with van der Waals surface area (Å²) in [5, 5.41) is 10.8. The van der Waals surface area contributed by atoms with E-state index in [0.29, 0.717) is 42.0 Å². The second-order valence-electron chi connectivity index (χ2n) is 5.89. The van der Waals surface area contributed by atoms with Crippen LogP contribution in [0.2, 0.25) is 0 Å². The van der Waals surface area contributed by atoms with Crippen LogP contribution in [-0.2, 0) is 9.47 Å². The number of aliphatic hydroxyl groups excluding tert-OH is 1. The Morgan fingerprint density at radius 3 is 3.04 bits per heavy atom. The van der Waals surface area contributed by atoms with E-state index < -0.39 is 6.10 Å². The van der Waals surface area contributed by atoms with Crippen molar-refractivity contribution in [2.45, 2.75) is 38.2 Å². The number of hydrogen-bond acceptors (Lipinski definition) is 7. The Hall–Kier alpha value is -2.18. The molecule has 0 amide bonds. The highest BCUT2D eigenvalue weighted by atomic mass is 16.5. The van der Waals surface area contributed by atoms with Gasteiger partial charge in [-0.15, -0.1) is 0 Å². The number of hydrogen-bond donors (Lipinski definition) is 3. The van der Waals surface area contributed by atoms with Crippen LogP contribution in [0.5, 0.6) is 0 Å².